The minimum atomic E-state index is 0. The second-order valence-corrected chi connectivity index (χ2v) is 13.1. The minimum absolute atomic E-state index is 0. The van der Waals surface area contributed by atoms with Crippen molar-refractivity contribution in [3.63, 3.8) is 0 Å². The van der Waals surface area contributed by atoms with Crippen molar-refractivity contribution in [3.8, 4) is 0 Å². The lowest BCUT2D eigenvalue weighted by atomic mass is 9.45. The van der Waals surface area contributed by atoms with Crippen LogP contribution in [0.1, 0.15) is 105 Å². The molecule has 2 N–H and O–H groups in total. The molecule has 2 heteroatoms. The number of hydrogen-bond donors (Lipinski definition) is 1. The molecule has 5 fully saturated rings. The molecule has 0 aromatic carbocycles. The summed E-state index contributed by atoms with van der Waals surface area (Å²) in [5.41, 5.74) is 8.77. The van der Waals surface area contributed by atoms with E-state index in [0.717, 1.165) is 41.4 Å². The molecular weight excluding hydrogens is 374 g/mol. The second-order valence-electron chi connectivity index (χ2n) is 13.1. The number of nitrogens with two attached hydrogens (primary N) is 1. The van der Waals surface area contributed by atoms with Gasteiger partial charge in [-0.15, -0.1) is 12.4 Å². The van der Waals surface area contributed by atoms with Gasteiger partial charge in [0.05, 0.1) is 0 Å². The number of fused-ring (bicyclic) bond motifs is 4. The minimum Gasteiger partial charge on any atom is -0.327 e. The third-order valence-corrected chi connectivity index (χ3v) is 11.9. The molecule has 1 spiro atoms. The van der Waals surface area contributed by atoms with Gasteiger partial charge in [0.15, 0.2) is 0 Å². The van der Waals surface area contributed by atoms with Crippen LogP contribution in [-0.2, 0) is 0 Å². The molecule has 5 saturated carbocycles. The van der Waals surface area contributed by atoms with Crippen molar-refractivity contribution < 1.29 is 0 Å². The van der Waals surface area contributed by atoms with Gasteiger partial charge in [-0.3, -0.25) is 0 Å². The van der Waals surface area contributed by atoms with Crippen LogP contribution in [0.4, 0.5) is 0 Å². The summed E-state index contributed by atoms with van der Waals surface area (Å²) in [4.78, 5) is 0. The Hall–Kier alpha value is 0.250. The molecule has 5 aliphatic rings. The van der Waals surface area contributed by atoms with Crippen molar-refractivity contribution in [1.82, 2.24) is 0 Å². The molecule has 5 aliphatic carbocycles. The van der Waals surface area contributed by atoms with Gasteiger partial charge in [-0.1, -0.05) is 53.9 Å². The maximum atomic E-state index is 7.00. The van der Waals surface area contributed by atoms with Gasteiger partial charge in [0.1, 0.15) is 0 Å². The molecule has 0 aliphatic heterocycles. The molecular formula is C27H48ClN. The van der Waals surface area contributed by atoms with Crippen molar-refractivity contribution in [3.05, 3.63) is 0 Å². The summed E-state index contributed by atoms with van der Waals surface area (Å²) in [6.45, 7) is 12.8. The van der Waals surface area contributed by atoms with Crippen molar-refractivity contribution in [2.45, 2.75) is 111 Å². The molecule has 0 radical (unpaired) electrons. The third-order valence-electron chi connectivity index (χ3n) is 11.9. The third kappa shape index (κ3) is 2.95. The van der Waals surface area contributed by atoms with E-state index < -0.39 is 0 Å². The maximum absolute atomic E-state index is 7.00. The maximum Gasteiger partial charge on any atom is 0.0106 e. The summed E-state index contributed by atoms with van der Waals surface area (Å²) in [6.07, 6.45) is 16.2. The highest BCUT2D eigenvalue weighted by Crippen LogP contribution is 2.81. The van der Waals surface area contributed by atoms with Crippen LogP contribution in [0, 0.1) is 57.7 Å². The second kappa shape index (κ2) is 7.40. The summed E-state index contributed by atoms with van der Waals surface area (Å²) >= 11 is 0. The van der Waals surface area contributed by atoms with Gasteiger partial charge in [-0.2, -0.15) is 0 Å². The molecule has 168 valence electrons. The van der Waals surface area contributed by atoms with Crippen molar-refractivity contribution >= 4 is 12.4 Å². The standard InChI is InChI=1S/C27H47N.ClH/c1-17(2)7-6-8-18(3)21-9-10-22-20-15-24(28)27-16-19(27)11-14-26(27,5)23(20)12-13-25(21,22)4;/h17-24H,6-16,28H2,1-5H3;1H. The van der Waals surface area contributed by atoms with E-state index in [2.05, 4.69) is 34.6 Å². The van der Waals surface area contributed by atoms with Crippen LogP contribution < -0.4 is 5.73 Å². The molecule has 5 rings (SSSR count). The molecule has 0 heterocycles. The first kappa shape index (κ1) is 22.4. The lowest BCUT2D eigenvalue weighted by Crippen LogP contribution is -2.58. The number of halogens is 1. The summed E-state index contributed by atoms with van der Waals surface area (Å²) in [7, 11) is 0. The lowest BCUT2D eigenvalue weighted by molar-refractivity contribution is -0.111. The van der Waals surface area contributed by atoms with Crippen LogP contribution >= 0.6 is 12.4 Å². The van der Waals surface area contributed by atoms with E-state index in [-0.39, 0.29) is 12.4 Å². The Morgan fingerprint density at radius 2 is 1.69 bits per heavy atom. The Kier molecular flexibility index (Phi) is 5.73. The van der Waals surface area contributed by atoms with Gasteiger partial charge in [0.2, 0.25) is 0 Å². The largest absolute Gasteiger partial charge is 0.327 e. The Morgan fingerprint density at radius 3 is 2.38 bits per heavy atom. The highest BCUT2D eigenvalue weighted by molar-refractivity contribution is 5.85. The highest BCUT2D eigenvalue weighted by Gasteiger charge is 2.76. The van der Waals surface area contributed by atoms with Crippen molar-refractivity contribution in [2.75, 3.05) is 0 Å². The van der Waals surface area contributed by atoms with E-state index >= 15 is 0 Å². The van der Waals surface area contributed by atoms with Gasteiger partial charge in [-0.25, -0.2) is 0 Å². The molecule has 0 aromatic rings. The van der Waals surface area contributed by atoms with Gasteiger partial charge in [-0.05, 0) is 109 Å². The Balaban J connectivity index is 0.00000205. The van der Waals surface area contributed by atoms with Crippen molar-refractivity contribution in [2.24, 2.45) is 63.4 Å². The zero-order valence-electron chi connectivity index (χ0n) is 19.9. The van der Waals surface area contributed by atoms with E-state index in [9.17, 15) is 0 Å². The van der Waals surface area contributed by atoms with E-state index in [1.54, 1.807) is 0 Å². The van der Waals surface area contributed by atoms with E-state index in [4.69, 9.17) is 5.73 Å². The monoisotopic (exact) mass is 421 g/mol. The van der Waals surface area contributed by atoms with Crippen LogP contribution in [-0.4, -0.2) is 6.04 Å². The molecule has 1 nitrogen and oxygen atoms in total. The van der Waals surface area contributed by atoms with E-state index in [1.807, 2.05) is 0 Å². The van der Waals surface area contributed by atoms with Gasteiger partial charge >= 0.3 is 0 Å². The molecule has 0 amide bonds. The first-order valence-electron chi connectivity index (χ1n) is 13.0. The van der Waals surface area contributed by atoms with Gasteiger partial charge < -0.3 is 5.73 Å². The topological polar surface area (TPSA) is 26.0 Å². The normalized spacial score (nSPS) is 53.5. The zero-order chi connectivity index (χ0) is 19.9. The van der Waals surface area contributed by atoms with E-state index in [0.29, 0.717) is 22.3 Å². The summed E-state index contributed by atoms with van der Waals surface area (Å²) in [5, 5.41) is 0. The Labute approximate surface area is 187 Å². The SMILES string of the molecule is CC(C)CCCC(C)C1CCC2C3CC(N)C45CC4CCC5(C)C3CCC12C.Cl. The summed E-state index contributed by atoms with van der Waals surface area (Å²) in [6, 6.07) is 0.510. The smallest absolute Gasteiger partial charge is 0.0106 e. The molecule has 0 bridgehead atoms. The predicted molar refractivity (Wildman–Crippen MR) is 126 cm³/mol. The average molecular weight is 422 g/mol. The fourth-order valence-electron chi connectivity index (χ4n) is 10.5. The fourth-order valence-corrected chi connectivity index (χ4v) is 10.5. The number of rotatable bonds is 5. The Morgan fingerprint density at radius 1 is 0.931 bits per heavy atom. The first-order chi connectivity index (χ1) is 13.2. The number of hydrogen-bond acceptors (Lipinski definition) is 1. The Bertz CT molecular complexity index is 618. The molecule has 0 aromatic heterocycles. The highest BCUT2D eigenvalue weighted by atomic mass is 35.5. The van der Waals surface area contributed by atoms with Crippen LogP contribution in [0.25, 0.3) is 0 Å². The molecule has 10 unspecified atom stereocenters. The lowest BCUT2D eigenvalue weighted by Gasteiger charge is -2.61. The predicted octanol–water partition coefficient (Wildman–Crippen LogP) is 7.47. The zero-order valence-corrected chi connectivity index (χ0v) is 20.7. The van der Waals surface area contributed by atoms with Gasteiger partial charge in [0, 0.05) is 6.04 Å². The average Bonchev–Trinajstić information content (AvgIpc) is 3.15. The van der Waals surface area contributed by atoms with Crippen LogP contribution in [0.3, 0.4) is 0 Å². The molecule has 0 saturated heterocycles. The summed E-state index contributed by atoms with van der Waals surface area (Å²) < 4.78 is 0. The van der Waals surface area contributed by atoms with Crippen LogP contribution in [0.2, 0.25) is 0 Å². The molecule has 29 heavy (non-hydrogen) atoms. The van der Waals surface area contributed by atoms with Crippen LogP contribution in [0.15, 0.2) is 0 Å². The quantitative estimate of drug-likeness (QED) is 0.489. The first-order valence-corrected chi connectivity index (χ1v) is 13.0. The van der Waals surface area contributed by atoms with Crippen molar-refractivity contribution in [1.29, 1.82) is 0 Å². The van der Waals surface area contributed by atoms with Gasteiger partial charge in [0.25, 0.3) is 0 Å². The fraction of sp³-hybridized carbons (Fsp3) is 1.00. The summed E-state index contributed by atoms with van der Waals surface area (Å²) in [5.74, 6) is 6.67. The van der Waals surface area contributed by atoms with Crippen LogP contribution in [0.5, 0.6) is 0 Å². The molecule has 10 atom stereocenters. The van der Waals surface area contributed by atoms with E-state index in [1.165, 1.54) is 70.6 Å².